The fourth-order valence-electron chi connectivity index (χ4n) is 3.59. The molecule has 0 aliphatic heterocycles. The lowest BCUT2D eigenvalue weighted by Gasteiger charge is -2.28. The summed E-state index contributed by atoms with van der Waals surface area (Å²) in [6.45, 7) is 7.49. The van der Waals surface area contributed by atoms with E-state index in [4.69, 9.17) is 0 Å². The van der Waals surface area contributed by atoms with Crippen LogP contribution in [0.5, 0.6) is 0 Å². The fraction of sp³-hybridized carbons (Fsp3) is 0.400. The Labute approximate surface area is 151 Å². The molecule has 0 bridgehead atoms. The molecule has 26 heavy (non-hydrogen) atoms. The molecule has 1 atom stereocenters. The number of hydrogen-bond acceptors (Lipinski definition) is 2. The van der Waals surface area contributed by atoms with Crippen molar-refractivity contribution in [2.24, 2.45) is 5.41 Å². The number of H-pyrrole nitrogens is 1. The molecule has 0 spiro atoms. The number of nitrogens with one attached hydrogen (secondary N) is 2. The second-order valence-electron chi connectivity index (χ2n) is 7.79. The molecule has 1 aromatic carbocycles. The number of rotatable bonds is 3. The summed E-state index contributed by atoms with van der Waals surface area (Å²) in [5, 5.41) is 2.77. The van der Waals surface area contributed by atoms with Crippen LogP contribution in [0.15, 0.2) is 18.2 Å². The number of aromatic amines is 1. The summed E-state index contributed by atoms with van der Waals surface area (Å²) in [5.74, 6) is -2.22. The van der Waals surface area contributed by atoms with E-state index in [0.29, 0.717) is 35.2 Å². The number of aromatic nitrogens is 1. The van der Waals surface area contributed by atoms with Crippen LogP contribution in [-0.2, 0) is 6.42 Å². The van der Waals surface area contributed by atoms with Crippen molar-refractivity contribution in [3.8, 4) is 0 Å². The van der Waals surface area contributed by atoms with Crippen molar-refractivity contribution >= 4 is 11.7 Å². The van der Waals surface area contributed by atoms with Gasteiger partial charge in [-0.2, -0.15) is 0 Å². The van der Waals surface area contributed by atoms with Crippen molar-refractivity contribution in [2.45, 2.75) is 46.6 Å². The number of benzene rings is 1. The van der Waals surface area contributed by atoms with E-state index in [0.717, 1.165) is 17.8 Å². The van der Waals surface area contributed by atoms with Gasteiger partial charge in [0.25, 0.3) is 5.91 Å². The van der Waals surface area contributed by atoms with Crippen LogP contribution in [0.3, 0.4) is 0 Å². The Hall–Kier alpha value is -2.50. The molecule has 1 unspecified atom stereocenters. The average Bonchev–Trinajstić information content (AvgIpc) is 2.85. The SMILES string of the molecule is Cc1c(C(=O)NC(C)c2ccc(F)c(F)c2)[nH]c2c1C(=O)CC(C)(C)C2. The largest absolute Gasteiger partial charge is 0.354 e. The Kier molecular flexibility index (Phi) is 4.46. The van der Waals surface area contributed by atoms with E-state index in [2.05, 4.69) is 10.3 Å². The van der Waals surface area contributed by atoms with Crippen LogP contribution in [0.25, 0.3) is 0 Å². The minimum absolute atomic E-state index is 0.0395. The van der Waals surface area contributed by atoms with Gasteiger partial charge in [-0.1, -0.05) is 19.9 Å². The van der Waals surface area contributed by atoms with Gasteiger partial charge in [0.15, 0.2) is 17.4 Å². The summed E-state index contributed by atoms with van der Waals surface area (Å²) in [6, 6.07) is 3.03. The van der Waals surface area contributed by atoms with Gasteiger partial charge in [0.2, 0.25) is 0 Å². The third-order valence-corrected chi connectivity index (χ3v) is 4.92. The van der Waals surface area contributed by atoms with Gasteiger partial charge < -0.3 is 10.3 Å². The Morgan fingerprint density at radius 1 is 1.23 bits per heavy atom. The number of fused-ring (bicyclic) bond motifs is 1. The molecule has 1 aliphatic rings. The van der Waals surface area contributed by atoms with Gasteiger partial charge in [0.1, 0.15) is 5.69 Å². The molecular weight excluding hydrogens is 338 g/mol. The molecule has 1 aliphatic carbocycles. The number of carbonyl (C=O) groups excluding carboxylic acids is 2. The topological polar surface area (TPSA) is 62.0 Å². The van der Waals surface area contributed by atoms with E-state index in [-0.39, 0.29) is 17.1 Å². The summed E-state index contributed by atoms with van der Waals surface area (Å²) in [6.07, 6.45) is 1.14. The van der Waals surface area contributed by atoms with Crippen LogP contribution >= 0.6 is 0 Å². The molecule has 4 nitrogen and oxygen atoms in total. The summed E-state index contributed by atoms with van der Waals surface area (Å²) in [7, 11) is 0. The molecule has 138 valence electrons. The zero-order valence-corrected chi connectivity index (χ0v) is 15.3. The molecule has 1 aromatic heterocycles. The van der Waals surface area contributed by atoms with Gasteiger partial charge >= 0.3 is 0 Å². The lowest BCUT2D eigenvalue weighted by Crippen LogP contribution is -2.27. The quantitative estimate of drug-likeness (QED) is 0.860. The number of ketones is 1. The second kappa shape index (κ2) is 6.34. The Morgan fingerprint density at radius 3 is 2.58 bits per heavy atom. The molecule has 1 heterocycles. The van der Waals surface area contributed by atoms with Gasteiger partial charge in [0, 0.05) is 17.7 Å². The molecule has 2 N–H and O–H groups in total. The van der Waals surface area contributed by atoms with Crippen LogP contribution in [0.4, 0.5) is 8.78 Å². The van der Waals surface area contributed by atoms with Crippen LogP contribution in [0, 0.1) is 24.0 Å². The van der Waals surface area contributed by atoms with E-state index >= 15 is 0 Å². The molecule has 3 rings (SSSR count). The minimum atomic E-state index is -0.956. The van der Waals surface area contributed by atoms with E-state index in [1.165, 1.54) is 6.07 Å². The van der Waals surface area contributed by atoms with Crippen molar-refractivity contribution < 1.29 is 18.4 Å². The first-order chi connectivity index (χ1) is 12.1. The molecular formula is C20H22F2N2O2. The number of halogens is 2. The molecule has 0 saturated heterocycles. The van der Waals surface area contributed by atoms with Crippen molar-refractivity contribution in [1.29, 1.82) is 0 Å². The van der Waals surface area contributed by atoms with Gasteiger partial charge in [-0.3, -0.25) is 9.59 Å². The van der Waals surface area contributed by atoms with Crippen LogP contribution < -0.4 is 5.32 Å². The highest BCUT2D eigenvalue weighted by molar-refractivity contribution is 6.04. The van der Waals surface area contributed by atoms with E-state index < -0.39 is 17.7 Å². The summed E-state index contributed by atoms with van der Waals surface area (Å²) in [4.78, 5) is 28.2. The highest BCUT2D eigenvalue weighted by Gasteiger charge is 2.35. The summed E-state index contributed by atoms with van der Waals surface area (Å²) in [5.41, 5.74) is 2.69. The second-order valence-corrected chi connectivity index (χ2v) is 7.79. The maximum atomic E-state index is 13.4. The van der Waals surface area contributed by atoms with Gasteiger partial charge in [-0.25, -0.2) is 8.78 Å². The number of Topliss-reactive ketones (excluding diaryl/α,β-unsaturated/α-hetero) is 1. The highest BCUT2D eigenvalue weighted by atomic mass is 19.2. The van der Waals surface area contributed by atoms with Crippen LogP contribution in [0.2, 0.25) is 0 Å². The maximum Gasteiger partial charge on any atom is 0.268 e. The number of carbonyl (C=O) groups is 2. The van der Waals surface area contributed by atoms with Crippen LogP contribution in [0.1, 0.15) is 70.9 Å². The van der Waals surface area contributed by atoms with E-state index in [1.807, 2.05) is 13.8 Å². The molecule has 0 saturated carbocycles. The predicted octanol–water partition coefficient (Wildman–Crippen LogP) is 4.25. The van der Waals surface area contributed by atoms with Crippen molar-refractivity contribution in [2.75, 3.05) is 0 Å². The molecule has 1 amide bonds. The lowest BCUT2D eigenvalue weighted by molar-refractivity contribution is 0.0909. The van der Waals surface area contributed by atoms with Gasteiger partial charge in [-0.05, 0) is 48.9 Å². The molecule has 0 fully saturated rings. The fourth-order valence-corrected chi connectivity index (χ4v) is 3.59. The van der Waals surface area contributed by atoms with Gasteiger partial charge in [0.05, 0.1) is 6.04 Å². The average molecular weight is 360 g/mol. The molecule has 2 aromatic rings. The highest BCUT2D eigenvalue weighted by Crippen LogP contribution is 2.36. The van der Waals surface area contributed by atoms with Crippen molar-refractivity contribution in [3.63, 3.8) is 0 Å². The zero-order valence-electron chi connectivity index (χ0n) is 15.3. The number of hydrogen-bond donors (Lipinski definition) is 2. The molecule has 0 radical (unpaired) electrons. The molecule has 6 heteroatoms. The standard InChI is InChI=1S/C20H22F2N2O2/c1-10-17-15(8-20(3,4)9-16(17)25)24-18(10)19(26)23-11(2)12-5-6-13(21)14(22)7-12/h5-7,11,24H,8-9H2,1-4H3,(H,23,26). The minimum Gasteiger partial charge on any atom is -0.354 e. The monoisotopic (exact) mass is 360 g/mol. The van der Waals surface area contributed by atoms with E-state index in [9.17, 15) is 18.4 Å². The first-order valence-corrected chi connectivity index (χ1v) is 8.59. The third kappa shape index (κ3) is 3.28. The van der Waals surface area contributed by atoms with Crippen molar-refractivity contribution in [1.82, 2.24) is 10.3 Å². The summed E-state index contributed by atoms with van der Waals surface area (Å²) >= 11 is 0. The zero-order chi connectivity index (χ0) is 19.2. The van der Waals surface area contributed by atoms with Crippen LogP contribution in [-0.4, -0.2) is 16.7 Å². The first kappa shape index (κ1) is 18.3. The first-order valence-electron chi connectivity index (χ1n) is 8.59. The maximum absolute atomic E-state index is 13.4. The Balaban J connectivity index is 1.85. The van der Waals surface area contributed by atoms with Gasteiger partial charge in [-0.15, -0.1) is 0 Å². The Morgan fingerprint density at radius 2 is 1.92 bits per heavy atom. The normalized spacial score (nSPS) is 16.9. The smallest absolute Gasteiger partial charge is 0.268 e. The third-order valence-electron chi connectivity index (χ3n) is 4.92. The predicted molar refractivity (Wildman–Crippen MR) is 94.2 cm³/mol. The lowest BCUT2D eigenvalue weighted by atomic mass is 9.75. The number of amides is 1. The van der Waals surface area contributed by atoms with E-state index in [1.54, 1.807) is 13.8 Å². The summed E-state index contributed by atoms with van der Waals surface area (Å²) < 4.78 is 26.5. The Bertz CT molecular complexity index is 899. The van der Waals surface area contributed by atoms with Crippen molar-refractivity contribution in [3.05, 3.63) is 57.9 Å².